The van der Waals surface area contributed by atoms with E-state index in [0.717, 1.165) is 0 Å². The van der Waals surface area contributed by atoms with Crippen molar-refractivity contribution in [1.82, 2.24) is 10.3 Å². The van der Waals surface area contributed by atoms with Gasteiger partial charge >= 0.3 is 5.97 Å². The molecular formula is C18H18N2O4. The van der Waals surface area contributed by atoms with Gasteiger partial charge in [-0.25, -0.2) is 0 Å². The van der Waals surface area contributed by atoms with Crippen molar-refractivity contribution in [1.29, 1.82) is 0 Å². The zero-order valence-corrected chi connectivity index (χ0v) is 13.0. The fourth-order valence-electron chi connectivity index (χ4n) is 3.01. The minimum absolute atomic E-state index is 0.108. The van der Waals surface area contributed by atoms with E-state index in [0.29, 0.717) is 36.0 Å². The standard InChI is InChI=1S/C18H18N2O4/c21-16(14-7-8-19-10-14)11-1-3-12(4-2-11)17(22)20-15-6-5-13(9-15)18(23)24/h1-4,7-8,10,13,15,19H,5-6,9H2,(H,20,22)(H,23,24)/t13-,15+/m0/s1. The molecule has 1 aromatic heterocycles. The van der Waals surface area contributed by atoms with Crippen LogP contribution in [0, 0.1) is 5.92 Å². The number of nitrogens with one attached hydrogen (secondary N) is 2. The molecule has 124 valence electrons. The molecule has 3 N–H and O–H groups in total. The molecule has 1 amide bonds. The van der Waals surface area contributed by atoms with Gasteiger partial charge in [-0.2, -0.15) is 0 Å². The second-order valence-corrected chi connectivity index (χ2v) is 6.02. The molecule has 6 nitrogen and oxygen atoms in total. The molecule has 3 rings (SSSR count). The molecule has 2 aromatic rings. The van der Waals surface area contributed by atoms with Crippen molar-refractivity contribution in [2.24, 2.45) is 5.92 Å². The first-order valence-electron chi connectivity index (χ1n) is 7.86. The normalized spacial score (nSPS) is 19.8. The molecule has 0 radical (unpaired) electrons. The number of benzene rings is 1. The number of aliphatic carboxylic acids is 1. The highest BCUT2D eigenvalue weighted by molar-refractivity contribution is 6.09. The SMILES string of the molecule is O=C(N[C@@H]1CC[C@H](C(=O)O)C1)c1ccc(C(=O)c2cc[nH]c2)cc1. The lowest BCUT2D eigenvalue weighted by Gasteiger charge is -2.12. The molecule has 1 aliphatic rings. The topological polar surface area (TPSA) is 99.3 Å². The van der Waals surface area contributed by atoms with E-state index in [1.165, 1.54) is 0 Å². The number of hydrogen-bond acceptors (Lipinski definition) is 3. The zero-order valence-electron chi connectivity index (χ0n) is 13.0. The highest BCUT2D eigenvalue weighted by Crippen LogP contribution is 2.25. The number of hydrogen-bond donors (Lipinski definition) is 3. The Balaban J connectivity index is 1.62. The number of H-pyrrole nitrogens is 1. The summed E-state index contributed by atoms with van der Waals surface area (Å²) in [4.78, 5) is 38.2. The maximum atomic E-state index is 12.2. The summed E-state index contributed by atoms with van der Waals surface area (Å²) in [5.74, 6) is -1.54. The van der Waals surface area contributed by atoms with Crippen molar-refractivity contribution in [2.45, 2.75) is 25.3 Å². The summed E-state index contributed by atoms with van der Waals surface area (Å²) in [7, 11) is 0. The molecule has 0 saturated heterocycles. The second-order valence-electron chi connectivity index (χ2n) is 6.02. The van der Waals surface area contributed by atoms with Gasteiger partial charge in [-0.15, -0.1) is 0 Å². The number of ketones is 1. The Bertz CT molecular complexity index is 750. The van der Waals surface area contributed by atoms with E-state index in [1.54, 1.807) is 42.7 Å². The highest BCUT2D eigenvalue weighted by Gasteiger charge is 2.30. The molecule has 1 aromatic carbocycles. The van der Waals surface area contributed by atoms with E-state index in [4.69, 9.17) is 5.11 Å². The second kappa shape index (κ2) is 6.70. The largest absolute Gasteiger partial charge is 0.481 e. The van der Waals surface area contributed by atoms with Gasteiger partial charge in [0.05, 0.1) is 5.92 Å². The lowest BCUT2D eigenvalue weighted by atomic mass is 10.0. The fraction of sp³-hybridized carbons (Fsp3) is 0.278. The summed E-state index contributed by atoms with van der Waals surface area (Å²) in [6.45, 7) is 0. The van der Waals surface area contributed by atoms with Crippen molar-refractivity contribution in [3.05, 3.63) is 59.4 Å². The third-order valence-corrected chi connectivity index (χ3v) is 4.39. The van der Waals surface area contributed by atoms with Crippen LogP contribution < -0.4 is 5.32 Å². The summed E-state index contributed by atoms with van der Waals surface area (Å²) >= 11 is 0. The van der Waals surface area contributed by atoms with Crippen molar-refractivity contribution < 1.29 is 19.5 Å². The zero-order chi connectivity index (χ0) is 17.1. The van der Waals surface area contributed by atoms with E-state index in [9.17, 15) is 14.4 Å². The van der Waals surface area contributed by atoms with Gasteiger partial charge in [0.2, 0.25) is 0 Å². The number of aromatic amines is 1. The van der Waals surface area contributed by atoms with Crippen molar-refractivity contribution in [3.63, 3.8) is 0 Å². The summed E-state index contributed by atoms with van der Waals surface area (Å²) in [5, 5.41) is 11.9. The molecular weight excluding hydrogens is 308 g/mol. The predicted molar refractivity (Wildman–Crippen MR) is 86.9 cm³/mol. The minimum atomic E-state index is -0.806. The molecule has 24 heavy (non-hydrogen) atoms. The first-order valence-corrected chi connectivity index (χ1v) is 7.86. The van der Waals surface area contributed by atoms with Crippen LogP contribution in [0.1, 0.15) is 45.5 Å². The van der Waals surface area contributed by atoms with Crippen LogP contribution in [0.4, 0.5) is 0 Å². The highest BCUT2D eigenvalue weighted by atomic mass is 16.4. The minimum Gasteiger partial charge on any atom is -0.481 e. The van der Waals surface area contributed by atoms with Gasteiger partial charge < -0.3 is 15.4 Å². The molecule has 0 bridgehead atoms. The molecule has 2 atom stereocenters. The van der Waals surface area contributed by atoms with E-state index in [1.807, 2.05) is 0 Å². The number of amides is 1. The van der Waals surface area contributed by atoms with Crippen molar-refractivity contribution in [3.8, 4) is 0 Å². The van der Waals surface area contributed by atoms with Gasteiger partial charge in [0.1, 0.15) is 0 Å². The van der Waals surface area contributed by atoms with Gasteiger partial charge in [-0.3, -0.25) is 14.4 Å². The molecule has 1 heterocycles. The number of carboxylic acids is 1. The van der Waals surface area contributed by atoms with Crippen LogP contribution in [0.2, 0.25) is 0 Å². The first kappa shape index (κ1) is 16.0. The Hall–Kier alpha value is -2.89. The third-order valence-electron chi connectivity index (χ3n) is 4.39. The third kappa shape index (κ3) is 3.37. The molecule has 1 fully saturated rings. The monoisotopic (exact) mass is 326 g/mol. The van der Waals surface area contributed by atoms with Gasteiger partial charge in [-0.1, -0.05) is 12.1 Å². The van der Waals surface area contributed by atoms with Crippen LogP contribution in [0.25, 0.3) is 0 Å². The average Bonchev–Trinajstić information content (AvgIpc) is 3.26. The molecule has 0 spiro atoms. The predicted octanol–water partition coefficient (Wildman–Crippen LogP) is 2.23. The molecule has 0 aliphatic heterocycles. The summed E-state index contributed by atoms with van der Waals surface area (Å²) in [5.41, 5.74) is 1.54. The number of rotatable bonds is 5. The van der Waals surface area contributed by atoms with Gasteiger partial charge in [0, 0.05) is 35.1 Å². The quantitative estimate of drug-likeness (QED) is 0.734. The molecule has 1 aliphatic carbocycles. The molecule has 1 saturated carbocycles. The Labute approximate surface area is 138 Å². The maximum absolute atomic E-state index is 12.2. The van der Waals surface area contributed by atoms with Crippen LogP contribution in [-0.2, 0) is 4.79 Å². The smallest absolute Gasteiger partial charge is 0.306 e. The number of carboxylic acid groups (broad SMARTS) is 1. The van der Waals surface area contributed by atoms with Gasteiger partial charge in [0.15, 0.2) is 5.78 Å². The van der Waals surface area contributed by atoms with Crippen LogP contribution >= 0.6 is 0 Å². The van der Waals surface area contributed by atoms with Crippen LogP contribution in [0.5, 0.6) is 0 Å². The van der Waals surface area contributed by atoms with E-state index < -0.39 is 5.97 Å². The Morgan fingerprint density at radius 2 is 1.71 bits per heavy atom. The maximum Gasteiger partial charge on any atom is 0.306 e. The van der Waals surface area contributed by atoms with Gasteiger partial charge in [-0.05, 0) is 37.5 Å². The number of carbonyl (C=O) groups is 3. The Morgan fingerprint density at radius 3 is 2.29 bits per heavy atom. The fourth-order valence-corrected chi connectivity index (χ4v) is 3.01. The lowest BCUT2D eigenvalue weighted by Crippen LogP contribution is -2.33. The van der Waals surface area contributed by atoms with Crippen LogP contribution in [0.15, 0.2) is 42.7 Å². The van der Waals surface area contributed by atoms with Crippen LogP contribution in [0.3, 0.4) is 0 Å². The van der Waals surface area contributed by atoms with Crippen molar-refractivity contribution >= 4 is 17.7 Å². The van der Waals surface area contributed by atoms with E-state index >= 15 is 0 Å². The number of carbonyl (C=O) groups excluding carboxylic acids is 2. The summed E-state index contributed by atoms with van der Waals surface area (Å²) < 4.78 is 0. The first-order chi connectivity index (χ1) is 11.5. The van der Waals surface area contributed by atoms with Crippen LogP contribution in [-0.4, -0.2) is 33.8 Å². The molecule has 6 heteroatoms. The Kier molecular flexibility index (Phi) is 4.46. The van der Waals surface area contributed by atoms with Crippen molar-refractivity contribution in [2.75, 3.05) is 0 Å². The average molecular weight is 326 g/mol. The van der Waals surface area contributed by atoms with E-state index in [-0.39, 0.29) is 23.7 Å². The Morgan fingerprint density at radius 1 is 1.00 bits per heavy atom. The van der Waals surface area contributed by atoms with Gasteiger partial charge in [0.25, 0.3) is 5.91 Å². The molecule has 0 unspecified atom stereocenters. The summed E-state index contributed by atoms with van der Waals surface area (Å²) in [6, 6.07) is 8.05. The lowest BCUT2D eigenvalue weighted by molar-refractivity contribution is -0.141. The number of aromatic nitrogens is 1. The summed E-state index contributed by atoms with van der Waals surface area (Å²) in [6.07, 6.45) is 5.03. The van der Waals surface area contributed by atoms with E-state index in [2.05, 4.69) is 10.3 Å².